The molecule has 0 N–H and O–H groups in total. The number of carbonyl (C=O) groups excluding carboxylic acids is 1. The summed E-state index contributed by atoms with van der Waals surface area (Å²) in [6.07, 6.45) is 1.66. The number of amides is 1. The molecule has 0 radical (unpaired) electrons. The third-order valence-electron chi connectivity index (χ3n) is 4.22. The molecule has 30 heavy (non-hydrogen) atoms. The van der Waals surface area contributed by atoms with E-state index in [2.05, 4.69) is 4.40 Å². The van der Waals surface area contributed by atoms with E-state index in [4.69, 9.17) is 21.1 Å². The molecular weight excluding hydrogens is 448 g/mol. The van der Waals surface area contributed by atoms with Gasteiger partial charge in [0.15, 0.2) is 16.7 Å². The minimum Gasteiger partial charge on any atom is -0.493 e. The topological polar surface area (TPSA) is 85.3 Å². The Balaban J connectivity index is 1.96. The molecule has 0 aromatic heterocycles. The normalized spacial score (nSPS) is 17.1. The van der Waals surface area contributed by atoms with Gasteiger partial charge in [-0.1, -0.05) is 17.7 Å². The van der Waals surface area contributed by atoms with E-state index in [1.54, 1.807) is 31.2 Å². The fourth-order valence-corrected chi connectivity index (χ4v) is 5.08. The van der Waals surface area contributed by atoms with Gasteiger partial charge in [0.05, 0.1) is 24.0 Å². The van der Waals surface area contributed by atoms with Crippen LogP contribution >= 0.6 is 23.4 Å². The molecule has 1 fully saturated rings. The van der Waals surface area contributed by atoms with Gasteiger partial charge in [0.1, 0.15) is 0 Å². The number of nitrogens with zero attached hydrogens (tertiary/aromatic N) is 2. The maximum Gasteiger partial charge on any atom is 0.284 e. The number of halogens is 1. The van der Waals surface area contributed by atoms with Crippen molar-refractivity contribution < 1.29 is 22.7 Å². The van der Waals surface area contributed by atoms with Gasteiger partial charge in [-0.3, -0.25) is 9.69 Å². The predicted octanol–water partition coefficient (Wildman–Crippen LogP) is 4.04. The zero-order valence-electron chi connectivity index (χ0n) is 16.5. The van der Waals surface area contributed by atoms with Crippen LogP contribution < -0.4 is 9.47 Å². The maximum absolute atomic E-state index is 12.8. The summed E-state index contributed by atoms with van der Waals surface area (Å²) < 4.78 is 39.7. The number of hydrogen-bond acceptors (Lipinski definition) is 6. The number of ether oxygens (including phenoxy) is 2. The predicted molar refractivity (Wildman–Crippen MR) is 119 cm³/mol. The maximum atomic E-state index is 12.8. The highest BCUT2D eigenvalue weighted by molar-refractivity contribution is 8.19. The van der Waals surface area contributed by atoms with Gasteiger partial charge in [0.2, 0.25) is 0 Å². The van der Waals surface area contributed by atoms with Gasteiger partial charge >= 0.3 is 0 Å². The smallest absolute Gasteiger partial charge is 0.284 e. The number of sulfonamides is 1. The van der Waals surface area contributed by atoms with Crippen molar-refractivity contribution in [3.8, 4) is 11.5 Å². The van der Waals surface area contributed by atoms with Gasteiger partial charge in [-0.25, -0.2) is 0 Å². The SMILES string of the molecule is CCN1C(=O)/C(=C/c2ccc(OC)c(OC)c2)S/C1=N/S(=O)(=O)c1ccc(Cl)cc1. The first-order valence-corrected chi connectivity index (χ1v) is 11.5. The highest BCUT2D eigenvalue weighted by Gasteiger charge is 2.34. The fourth-order valence-electron chi connectivity index (χ4n) is 2.71. The third kappa shape index (κ3) is 4.63. The largest absolute Gasteiger partial charge is 0.493 e. The number of amidine groups is 1. The van der Waals surface area contributed by atoms with Crippen molar-refractivity contribution in [2.75, 3.05) is 20.8 Å². The van der Waals surface area contributed by atoms with E-state index in [0.717, 1.165) is 11.8 Å². The Kier molecular flexibility index (Phi) is 6.74. The van der Waals surface area contributed by atoms with Crippen molar-refractivity contribution in [3.63, 3.8) is 0 Å². The second-order valence-electron chi connectivity index (χ2n) is 6.08. The van der Waals surface area contributed by atoms with Crippen molar-refractivity contribution in [1.82, 2.24) is 4.90 Å². The molecule has 3 rings (SSSR count). The Bertz CT molecular complexity index is 1130. The van der Waals surface area contributed by atoms with Crippen LogP contribution in [0, 0.1) is 0 Å². The summed E-state index contributed by atoms with van der Waals surface area (Å²) in [5, 5.41) is 0.520. The molecular formula is C20H19ClN2O5S2. The monoisotopic (exact) mass is 466 g/mol. The highest BCUT2D eigenvalue weighted by atomic mass is 35.5. The number of thioether (sulfide) groups is 1. The molecule has 1 saturated heterocycles. The van der Waals surface area contributed by atoms with Crippen LogP contribution in [0.25, 0.3) is 6.08 Å². The van der Waals surface area contributed by atoms with Crippen LogP contribution in [0.4, 0.5) is 0 Å². The van der Waals surface area contributed by atoms with Crippen molar-refractivity contribution >= 4 is 50.5 Å². The fraction of sp³-hybridized carbons (Fsp3) is 0.200. The number of carbonyl (C=O) groups is 1. The van der Waals surface area contributed by atoms with Gasteiger partial charge in [0, 0.05) is 11.6 Å². The first-order chi connectivity index (χ1) is 14.3. The van der Waals surface area contributed by atoms with E-state index in [1.807, 2.05) is 0 Å². The number of methoxy groups -OCH3 is 2. The first kappa shape index (κ1) is 22.2. The molecule has 0 aliphatic carbocycles. The Morgan fingerprint density at radius 2 is 1.77 bits per heavy atom. The molecule has 0 spiro atoms. The zero-order valence-corrected chi connectivity index (χ0v) is 18.8. The lowest BCUT2D eigenvalue weighted by atomic mass is 10.2. The lowest BCUT2D eigenvalue weighted by molar-refractivity contribution is -0.122. The molecule has 2 aromatic carbocycles. The molecule has 1 aliphatic heterocycles. The molecule has 10 heteroatoms. The van der Waals surface area contributed by atoms with E-state index in [0.29, 0.717) is 27.0 Å². The van der Waals surface area contributed by atoms with Crippen molar-refractivity contribution in [1.29, 1.82) is 0 Å². The molecule has 0 bridgehead atoms. The average molecular weight is 467 g/mol. The quantitative estimate of drug-likeness (QED) is 0.597. The molecule has 0 saturated carbocycles. The minimum absolute atomic E-state index is 0.000761. The Morgan fingerprint density at radius 3 is 2.37 bits per heavy atom. The van der Waals surface area contributed by atoms with Crippen molar-refractivity contribution in [3.05, 3.63) is 58.0 Å². The first-order valence-electron chi connectivity index (χ1n) is 8.83. The van der Waals surface area contributed by atoms with Crippen LogP contribution in [0.3, 0.4) is 0 Å². The lowest BCUT2D eigenvalue weighted by Crippen LogP contribution is -2.29. The summed E-state index contributed by atoms with van der Waals surface area (Å²) in [4.78, 5) is 14.5. The molecule has 2 aromatic rings. The molecule has 0 unspecified atom stereocenters. The molecule has 1 amide bonds. The Morgan fingerprint density at radius 1 is 1.10 bits per heavy atom. The van der Waals surface area contributed by atoms with Gasteiger partial charge in [-0.15, -0.1) is 4.40 Å². The summed E-state index contributed by atoms with van der Waals surface area (Å²) in [6.45, 7) is 2.03. The van der Waals surface area contributed by atoms with Crippen LogP contribution in [-0.2, 0) is 14.8 Å². The summed E-state index contributed by atoms with van der Waals surface area (Å²) in [5.74, 6) is 0.771. The van der Waals surface area contributed by atoms with Crippen LogP contribution in [-0.4, -0.2) is 45.2 Å². The number of likely N-dealkylation sites (N-methyl/N-ethyl adjacent to an activating group) is 1. The van der Waals surface area contributed by atoms with E-state index in [-0.39, 0.29) is 22.5 Å². The second kappa shape index (κ2) is 9.11. The lowest BCUT2D eigenvalue weighted by Gasteiger charge is -2.12. The van der Waals surface area contributed by atoms with E-state index in [9.17, 15) is 13.2 Å². The minimum atomic E-state index is -3.99. The second-order valence-corrected chi connectivity index (χ2v) is 9.13. The summed E-state index contributed by atoms with van der Waals surface area (Å²) >= 11 is 6.83. The van der Waals surface area contributed by atoms with Crippen LogP contribution in [0.2, 0.25) is 5.02 Å². The summed E-state index contributed by atoms with van der Waals surface area (Å²) in [5.41, 5.74) is 0.710. The van der Waals surface area contributed by atoms with Crippen LogP contribution in [0.5, 0.6) is 11.5 Å². The molecule has 1 aliphatic rings. The highest BCUT2D eigenvalue weighted by Crippen LogP contribution is 2.35. The zero-order chi connectivity index (χ0) is 21.9. The number of hydrogen-bond donors (Lipinski definition) is 0. The average Bonchev–Trinajstić information content (AvgIpc) is 3.01. The van der Waals surface area contributed by atoms with Gasteiger partial charge in [0.25, 0.3) is 15.9 Å². The standard InChI is InChI=1S/C20H19ClN2O5S2/c1-4-23-19(24)18(12-13-5-10-16(27-2)17(11-13)28-3)29-20(23)22-30(25,26)15-8-6-14(21)7-9-15/h5-12H,4H2,1-3H3/b18-12-,22-20+. The third-order valence-corrected chi connectivity index (χ3v) is 6.87. The molecule has 7 nitrogen and oxygen atoms in total. The molecule has 1 heterocycles. The number of benzene rings is 2. The van der Waals surface area contributed by atoms with E-state index < -0.39 is 10.0 Å². The Hall–Kier alpha value is -2.49. The van der Waals surface area contributed by atoms with Gasteiger partial charge in [-0.05, 0) is 66.7 Å². The van der Waals surface area contributed by atoms with E-state index in [1.165, 1.54) is 43.4 Å². The summed E-state index contributed by atoms with van der Waals surface area (Å²) in [6, 6.07) is 10.9. The van der Waals surface area contributed by atoms with Crippen LogP contribution in [0.1, 0.15) is 12.5 Å². The van der Waals surface area contributed by atoms with Crippen molar-refractivity contribution in [2.24, 2.45) is 4.40 Å². The molecule has 0 atom stereocenters. The van der Waals surface area contributed by atoms with Gasteiger partial charge in [-0.2, -0.15) is 8.42 Å². The molecule has 158 valence electrons. The van der Waals surface area contributed by atoms with Crippen LogP contribution in [0.15, 0.2) is 56.7 Å². The van der Waals surface area contributed by atoms with Crippen molar-refractivity contribution in [2.45, 2.75) is 11.8 Å². The summed E-state index contributed by atoms with van der Waals surface area (Å²) in [7, 11) is -0.932. The van der Waals surface area contributed by atoms with E-state index >= 15 is 0 Å². The Labute approximate surface area is 184 Å². The number of rotatable bonds is 6. The van der Waals surface area contributed by atoms with Gasteiger partial charge < -0.3 is 9.47 Å².